The van der Waals surface area contributed by atoms with E-state index in [0.717, 1.165) is 25.7 Å². The van der Waals surface area contributed by atoms with Gasteiger partial charge in [-0.05, 0) is 12.8 Å². The minimum Gasteiger partial charge on any atom is -0.374 e. The molecule has 4 nitrogen and oxygen atoms in total. The van der Waals surface area contributed by atoms with Gasteiger partial charge in [0.15, 0.2) is 5.79 Å². The van der Waals surface area contributed by atoms with Crippen LogP contribution in [0.1, 0.15) is 25.7 Å². The van der Waals surface area contributed by atoms with Crippen LogP contribution in [-0.2, 0) is 14.2 Å². The van der Waals surface area contributed by atoms with Crippen LogP contribution < -0.4 is 5.32 Å². The number of ether oxygens (including phenoxy) is 3. The maximum absolute atomic E-state index is 11.8. The fourth-order valence-electron chi connectivity index (χ4n) is 2.56. The van der Waals surface area contributed by atoms with Crippen molar-refractivity contribution in [2.24, 2.45) is 0 Å². The second-order valence-electron chi connectivity index (χ2n) is 4.80. The van der Waals surface area contributed by atoms with Crippen LogP contribution in [0.4, 0.5) is 8.78 Å². The third-order valence-corrected chi connectivity index (χ3v) is 3.48. The van der Waals surface area contributed by atoms with E-state index in [1.165, 1.54) is 0 Å². The summed E-state index contributed by atoms with van der Waals surface area (Å²) in [5, 5.41) is 3.32. The molecule has 0 unspecified atom stereocenters. The van der Waals surface area contributed by atoms with Crippen LogP contribution in [0.5, 0.6) is 0 Å². The summed E-state index contributed by atoms with van der Waals surface area (Å²) in [6, 6.07) is 0.415. The van der Waals surface area contributed by atoms with Gasteiger partial charge in [0, 0.05) is 25.4 Å². The van der Waals surface area contributed by atoms with Crippen LogP contribution in [0.15, 0.2) is 0 Å². The Hall–Kier alpha value is -0.300. The number of rotatable bonds is 6. The molecule has 0 bridgehead atoms. The first kappa shape index (κ1) is 14.1. The van der Waals surface area contributed by atoms with E-state index in [-0.39, 0.29) is 5.79 Å². The molecule has 0 aromatic heterocycles. The average molecular weight is 265 g/mol. The van der Waals surface area contributed by atoms with Crippen LogP contribution in [0.3, 0.4) is 0 Å². The smallest absolute Gasteiger partial charge is 0.261 e. The molecule has 2 aliphatic rings. The normalized spacial score (nSPS) is 24.2. The summed E-state index contributed by atoms with van der Waals surface area (Å²) in [6.45, 7) is 1.86. The Morgan fingerprint density at radius 1 is 1.22 bits per heavy atom. The molecule has 6 heteroatoms. The Bertz CT molecular complexity index is 237. The van der Waals surface area contributed by atoms with Crippen LogP contribution in [-0.4, -0.2) is 51.2 Å². The maximum Gasteiger partial charge on any atom is 0.261 e. The van der Waals surface area contributed by atoms with Crippen molar-refractivity contribution in [1.82, 2.24) is 5.32 Å². The molecule has 0 atom stereocenters. The minimum absolute atomic E-state index is 0.329. The summed E-state index contributed by atoms with van der Waals surface area (Å²) in [7, 11) is 0. The van der Waals surface area contributed by atoms with Gasteiger partial charge in [-0.1, -0.05) is 0 Å². The largest absolute Gasteiger partial charge is 0.374 e. The van der Waals surface area contributed by atoms with Gasteiger partial charge in [0.05, 0.1) is 19.8 Å². The van der Waals surface area contributed by atoms with Gasteiger partial charge < -0.3 is 19.5 Å². The second kappa shape index (κ2) is 6.75. The van der Waals surface area contributed by atoms with Crippen molar-refractivity contribution >= 4 is 0 Å². The summed E-state index contributed by atoms with van der Waals surface area (Å²) >= 11 is 0. The zero-order chi connectivity index (χ0) is 12.8. The van der Waals surface area contributed by atoms with Crippen molar-refractivity contribution in [3.05, 3.63) is 0 Å². The van der Waals surface area contributed by atoms with Gasteiger partial charge in [0.1, 0.15) is 6.61 Å². The van der Waals surface area contributed by atoms with E-state index in [1.54, 1.807) is 0 Å². The topological polar surface area (TPSA) is 39.7 Å². The molecule has 1 aliphatic carbocycles. The molecular weight excluding hydrogens is 244 g/mol. The molecule has 0 aromatic rings. The Labute approximate surface area is 106 Å². The molecule has 0 radical (unpaired) electrons. The van der Waals surface area contributed by atoms with Crippen LogP contribution >= 0.6 is 0 Å². The third-order valence-electron chi connectivity index (χ3n) is 3.48. The van der Waals surface area contributed by atoms with Crippen molar-refractivity contribution in [3.63, 3.8) is 0 Å². The monoisotopic (exact) mass is 265 g/mol. The lowest BCUT2D eigenvalue weighted by Gasteiger charge is -2.35. The van der Waals surface area contributed by atoms with E-state index in [9.17, 15) is 8.78 Å². The third kappa shape index (κ3) is 4.12. The molecule has 1 spiro atoms. The van der Waals surface area contributed by atoms with Gasteiger partial charge in [0.25, 0.3) is 6.43 Å². The van der Waals surface area contributed by atoms with Crippen LogP contribution in [0, 0.1) is 0 Å². The van der Waals surface area contributed by atoms with Gasteiger partial charge in [0.2, 0.25) is 0 Å². The van der Waals surface area contributed by atoms with Gasteiger partial charge in [-0.25, -0.2) is 8.78 Å². The summed E-state index contributed by atoms with van der Waals surface area (Å²) < 4.78 is 39.7. The van der Waals surface area contributed by atoms with Gasteiger partial charge in [-0.3, -0.25) is 0 Å². The first-order chi connectivity index (χ1) is 8.70. The van der Waals surface area contributed by atoms with E-state index in [1.807, 2.05) is 0 Å². The van der Waals surface area contributed by atoms with Crippen molar-refractivity contribution < 1.29 is 23.0 Å². The number of alkyl halides is 2. The molecule has 1 aliphatic heterocycles. The summed E-state index contributed by atoms with van der Waals surface area (Å²) in [6.07, 6.45) is 1.42. The van der Waals surface area contributed by atoms with E-state index in [4.69, 9.17) is 14.2 Å². The molecule has 1 N–H and O–H groups in total. The zero-order valence-corrected chi connectivity index (χ0v) is 10.5. The first-order valence-electron chi connectivity index (χ1n) is 6.57. The fraction of sp³-hybridized carbons (Fsp3) is 1.00. The maximum atomic E-state index is 11.8. The van der Waals surface area contributed by atoms with Gasteiger partial charge >= 0.3 is 0 Å². The lowest BCUT2D eigenvalue weighted by Crippen LogP contribution is -2.42. The molecular formula is C12H21F2NO3. The van der Waals surface area contributed by atoms with Crippen LogP contribution in [0.2, 0.25) is 0 Å². The van der Waals surface area contributed by atoms with Gasteiger partial charge in [-0.15, -0.1) is 0 Å². The van der Waals surface area contributed by atoms with E-state index < -0.39 is 13.0 Å². The molecule has 1 saturated carbocycles. The predicted molar refractivity (Wildman–Crippen MR) is 61.7 cm³/mol. The van der Waals surface area contributed by atoms with E-state index in [0.29, 0.717) is 32.4 Å². The number of halogens is 2. The number of hydrogen-bond acceptors (Lipinski definition) is 4. The summed E-state index contributed by atoms with van der Waals surface area (Å²) in [5.74, 6) is -0.329. The quantitative estimate of drug-likeness (QED) is 0.740. The fourth-order valence-corrected chi connectivity index (χ4v) is 2.56. The molecule has 1 heterocycles. The molecule has 106 valence electrons. The Balaban J connectivity index is 1.54. The molecule has 0 aromatic carbocycles. The predicted octanol–water partition coefficient (Wildman–Crippen LogP) is 1.54. The van der Waals surface area contributed by atoms with E-state index >= 15 is 0 Å². The highest BCUT2D eigenvalue weighted by atomic mass is 19.3. The van der Waals surface area contributed by atoms with Crippen LogP contribution in [0.25, 0.3) is 0 Å². The Kier molecular flexibility index (Phi) is 5.29. The lowest BCUT2D eigenvalue weighted by molar-refractivity contribution is -0.179. The summed E-state index contributed by atoms with van der Waals surface area (Å²) in [4.78, 5) is 0. The average Bonchev–Trinajstić information content (AvgIpc) is 2.80. The first-order valence-corrected chi connectivity index (χ1v) is 6.57. The number of hydrogen-bond donors (Lipinski definition) is 1. The van der Waals surface area contributed by atoms with Crippen molar-refractivity contribution in [3.8, 4) is 0 Å². The number of nitrogens with one attached hydrogen (secondary N) is 1. The SMILES string of the molecule is FC(F)COCCNC1CCC2(CC1)OCCO2. The highest BCUT2D eigenvalue weighted by molar-refractivity contribution is 4.85. The molecule has 2 rings (SSSR count). The van der Waals surface area contributed by atoms with Gasteiger partial charge in [-0.2, -0.15) is 0 Å². The highest BCUT2D eigenvalue weighted by Crippen LogP contribution is 2.35. The van der Waals surface area contributed by atoms with Crippen molar-refractivity contribution in [1.29, 1.82) is 0 Å². The van der Waals surface area contributed by atoms with Crippen molar-refractivity contribution in [2.45, 2.75) is 43.9 Å². The molecule has 1 saturated heterocycles. The highest BCUT2D eigenvalue weighted by Gasteiger charge is 2.39. The molecule has 0 amide bonds. The standard InChI is InChI=1S/C12H21F2NO3/c13-11(14)9-16-6-5-15-10-1-3-12(4-2-10)17-7-8-18-12/h10-11,15H,1-9H2. The second-order valence-corrected chi connectivity index (χ2v) is 4.80. The zero-order valence-electron chi connectivity index (χ0n) is 10.5. The van der Waals surface area contributed by atoms with Crippen molar-refractivity contribution in [2.75, 3.05) is 33.0 Å². The lowest BCUT2D eigenvalue weighted by atomic mass is 9.90. The Morgan fingerprint density at radius 3 is 2.50 bits per heavy atom. The van der Waals surface area contributed by atoms with E-state index in [2.05, 4.69) is 5.32 Å². The summed E-state index contributed by atoms with van der Waals surface area (Å²) in [5.41, 5.74) is 0. The molecule has 2 fully saturated rings. The Morgan fingerprint density at radius 2 is 1.89 bits per heavy atom. The minimum atomic E-state index is -2.38. The molecule has 18 heavy (non-hydrogen) atoms.